The highest BCUT2D eigenvalue weighted by atomic mass is 32.1. The van der Waals surface area contributed by atoms with Gasteiger partial charge in [0.2, 0.25) is 5.89 Å². The van der Waals surface area contributed by atoms with Crippen LogP contribution in [-0.4, -0.2) is 26.0 Å². The van der Waals surface area contributed by atoms with E-state index < -0.39 is 0 Å². The summed E-state index contributed by atoms with van der Waals surface area (Å²) in [5, 5.41) is 11.1. The number of fused-ring (bicyclic) bond motifs is 5. The molecule has 1 aliphatic rings. The lowest BCUT2D eigenvalue weighted by Crippen LogP contribution is -2.22. The van der Waals surface area contributed by atoms with Gasteiger partial charge in [0.25, 0.3) is 0 Å². The first-order valence-corrected chi connectivity index (χ1v) is 16.7. The second kappa shape index (κ2) is 10.1. The molecule has 1 N–H and O–H groups in total. The molecule has 1 aliphatic heterocycles. The number of hydrogen-bond donors (Lipinski definition) is 1. The SMILES string of the molecule is c1ccc2c(c1)CC(c1cc3onc(-c4nsc5ccccc45)c3c(-c3nc4ccccc4s3)c1-c1nc3ccccc3o1)CN2. The van der Waals surface area contributed by atoms with Crippen molar-refractivity contribution in [2.45, 2.75) is 12.3 Å². The average molecular weight is 634 g/mol. The number of rotatable bonds is 4. The zero-order valence-electron chi connectivity index (χ0n) is 24.2. The highest BCUT2D eigenvalue weighted by Crippen LogP contribution is 2.50. The van der Waals surface area contributed by atoms with Gasteiger partial charge in [0.15, 0.2) is 11.2 Å². The van der Waals surface area contributed by atoms with Crippen molar-refractivity contribution in [3.8, 4) is 33.4 Å². The van der Waals surface area contributed by atoms with Crippen LogP contribution in [0, 0.1) is 0 Å². The lowest BCUT2D eigenvalue weighted by molar-refractivity contribution is 0.459. The number of para-hydroxylation sites is 4. The van der Waals surface area contributed by atoms with Crippen LogP contribution < -0.4 is 5.32 Å². The highest BCUT2D eigenvalue weighted by molar-refractivity contribution is 7.21. The van der Waals surface area contributed by atoms with Crippen LogP contribution >= 0.6 is 22.9 Å². The van der Waals surface area contributed by atoms with Crippen LogP contribution in [0.3, 0.4) is 0 Å². The van der Waals surface area contributed by atoms with Crippen LogP contribution in [0.5, 0.6) is 0 Å². The fourth-order valence-corrected chi connectivity index (χ4v) is 8.53. The number of hydrogen-bond acceptors (Lipinski definition) is 9. The van der Waals surface area contributed by atoms with Gasteiger partial charge >= 0.3 is 0 Å². The molecule has 0 amide bonds. The molecule has 9 aromatic rings. The minimum Gasteiger partial charge on any atom is -0.436 e. The molecule has 0 saturated carbocycles. The molecule has 0 radical (unpaired) electrons. The molecular weight excluding hydrogens is 611 g/mol. The van der Waals surface area contributed by atoms with Crippen molar-refractivity contribution >= 4 is 70.9 Å². The fourth-order valence-electron chi connectivity index (χ4n) is 6.73. The van der Waals surface area contributed by atoms with Crippen LogP contribution in [0.2, 0.25) is 0 Å². The first-order valence-electron chi connectivity index (χ1n) is 15.1. The summed E-state index contributed by atoms with van der Waals surface area (Å²) in [5.41, 5.74) is 10.0. The van der Waals surface area contributed by atoms with E-state index in [2.05, 4.69) is 66.0 Å². The van der Waals surface area contributed by atoms with E-state index in [1.165, 1.54) is 22.8 Å². The molecule has 0 fully saturated rings. The average Bonchev–Trinajstić information content (AvgIpc) is 3.91. The van der Waals surface area contributed by atoms with Crippen LogP contribution in [0.4, 0.5) is 5.69 Å². The van der Waals surface area contributed by atoms with E-state index in [0.29, 0.717) is 17.2 Å². The summed E-state index contributed by atoms with van der Waals surface area (Å²) in [5.74, 6) is 0.674. The summed E-state index contributed by atoms with van der Waals surface area (Å²) in [6.45, 7) is 0.757. The molecule has 0 spiro atoms. The zero-order valence-corrected chi connectivity index (χ0v) is 25.9. The summed E-state index contributed by atoms with van der Waals surface area (Å²) in [7, 11) is 0. The predicted molar refractivity (Wildman–Crippen MR) is 186 cm³/mol. The highest BCUT2D eigenvalue weighted by Gasteiger charge is 2.32. The topological polar surface area (TPSA) is 89.9 Å². The van der Waals surface area contributed by atoms with Gasteiger partial charge in [0.05, 0.1) is 25.9 Å². The molecule has 46 heavy (non-hydrogen) atoms. The van der Waals surface area contributed by atoms with Crippen LogP contribution in [0.1, 0.15) is 17.0 Å². The van der Waals surface area contributed by atoms with E-state index in [1.54, 1.807) is 11.3 Å². The van der Waals surface area contributed by atoms with Crippen LogP contribution in [0.25, 0.3) is 75.8 Å². The van der Waals surface area contributed by atoms with E-state index in [9.17, 15) is 0 Å². The van der Waals surface area contributed by atoms with Gasteiger partial charge in [0.1, 0.15) is 21.9 Å². The molecule has 4 aromatic heterocycles. The van der Waals surface area contributed by atoms with Gasteiger partial charge in [-0.2, -0.15) is 4.37 Å². The van der Waals surface area contributed by atoms with Gasteiger partial charge in [0, 0.05) is 29.1 Å². The largest absolute Gasteiger partial charge is 0.436 e. The minimum atomic E-state index is 0.117. The van der Waals surface area contributed by atoms with Crippen molar-refractivity contribution in [2.75, 3.05) is 11.9 Å². The molecule has 0 saturated heterocycles. The third kappa shape index (κ3) is 3.95. The lowest BCUT2D eigenvalue weighted by atomic mass is 9.83. The quantitative estimate of drug-likeness (QED) is 0.206. The maximum Gasteiger partial charge on any atom is 0.228 e. The molecule has 7 nitrogen and oxygen atoms in total. The van der Waals surface area contributed by atoms with Crippen LogP contribution in [0.15, 0.2) is 112 Å². The van der Waals surface area contributed by atoms with Gasteiger partial charge in [-0.05, 0) is 71.5 Å². The summed E-state index contributed by atoms with van der Waals surface area (Å²) in [4.78, 5) is 10.3. The molecule has 5 aromatic carbocycles. The van der Waals surface area contributed by atoms with Gasteiger partial charge in [-0.25, -0.2) is 9.97 Å². The second-order valence-electron chi connectivity index (χ2n) is 11.6. The maximum absolute atomic E-state index is 6.60. The number of nitrogens with zero attached hydrogens (tertiary/aromatic N) is 4. The Hall–Kier alpha value is -5.38. The monoisotopic (exact) mass is 633 g/mol. The number of oxazole rings is 1. The number of benzene rings is 5. The first-order chi connectivity index (χ1) is 22.8. The number of anilines is 1. The third-order valence-corrected chi connectivity index (χ3v) is 10.8. The Bertz CT molecular complexity index is 2550. The molecular formula is C37H23N5O2S2. The summed E-state index contributed by atoms with van der Waals surface area (Å²) < 4.78 is 19.9. The molecule has 1 atom stereocenters. The number of aromatic nitrogens is 4. The maximum atomic E-state index is 6.60. The predicted octanol–water partition coefficient (Wildman–Crippen LogP) is 9.94. The smallest absolute Gasteiger partial charge is 0.228 e. The van der Waals surface area contributed by atoms with E-state index in [4.69, 9.17) is 28.4 Å². The summed E-state index contributed by atoms with van der Waals surface area (Å²) in [6, 6.07) is 35.1. The van der Waals surface area contributed by atoms with Crippen molar-refractivity contribution < 1.29 is 8.94 Å². The Labute approximate surface area is 270 Å². The molecule has 0 bridgehead atoms. The Kier molecular flexibility index (Phi) is 5.67. The zero-order chi connectivity index (χ0) is 30.2. The van der Waals surface area contributed by atoms with Crippen LogP contribution in [-0.2, 0) is 6.42 Å². The van der Waals surface area contributed by atoms with Crippen molar-refractivity contribution in [2.24, 2.45) is 0 Å². The molecule has 5 heterocycles. The summed E-state index contributed by atoms with van der Waals surface area (Å²) >= 11 is 3.12. The third-order valence-electron chi connectivity index (χ3n) is 8.87. The van der Waals surface area contributed by atoms with Gasteiger partial charge < -0.3 is 14.3 Å². The number of nitrogens with one attached hydrogen (secondary N) is 1. The van der Waals surface area contributed by atoms with Gasteiger partial charge in [-0.1, -0.05) is 65.8 Å². The van der Waals surface area contributed by atoms with E-state index >= 15 is 0 Å². The van der Waals surface area contributed by atoms with E-state index in [1.807, 2.05) is 42.5 Å². The molecule has 1 unspecified atom stereocenters. The van der Waals surface area contributed by atoms with Crippen molar-refractivity contribution in [1.82, 2.24) is 19.5 Å². The standard InChI is InChI=1S/C37H23N5O2S2/c1-3-11-24-20(9-1)17-21(19-38-24)23-18-28-32(35(41-44-28)34-22-10-2-7-15-29(22)46-42-34)33(37-40-26-13-5-8-16-30(26)45-37)31(23)36-39-25-12-4-6-14-27(25)43-36/h1-16,18,21,38H,17,19H2. The molecule has 0 aliphatic carbocycles. The van der Waals surface area contributed by atoms with E-state index in [-0.39, 0.29) is 5.92 Å². The normalized spacial score (nSPS) is 14.7. The van der Waals surface area contributed by atoms with Crippen molar-refractivity contribution in [3.05, 3.63) is 114 Å². The fraction of sp³-hybridized carbons (Fsp3) is 0.0811. The van der Waals surface area contributed by atoms with Crippen molar-refractivity contribution in [1.29, 1.82) is 0 Å². The number of thiazole rings is 1. The lowest BCUT2D eigenvalue weighted by Gasteiger charge is -2.28. The Morgan fingerprint density at radius 1 is 0.739 bits per heavy atom. The van der Waals surface area contributed by atoms with Gasteiger partial charge in [-0.15, -0.1) is 11.3 Å². The molecule has 9 heteroatoms. The second-order valence-corrected chi connectivity index (χ2v) is 13.4. The van der Waals surface area contributed by atoms with Crippen molar-refractivity contribution in [3.63, 3.8) is 0 Å². The summed E-state index contributed by atoms with van der Waals surface area (Å²) in [6.07, 6.45) is 0.860. The first kappa shape index (κ1) is 25.9. The Morgan fingerprint density at radius 2 is 1.54 bits per heavy atom. The van der Waals surface area contributed by atoms with E-state index in [0.717, 1.165) is 77.1 Å². The molecule has 220 valence electrons. The Morgan fingerprint density at radius 3 is 2.46 bits per heavy atom. The van der Waals surface area contributed by atoms with Gasteiger partial charge in [-0.3, -0.25) is 0 Å². The molecule has 10 rings (SSSR count). The minimum absolute atomic E-state index is 0.117. The Balaban J connectivity index is 1.33.